The summed E-state index contributed by atoms with van der Waals surface area (Å²) in [6, 6.07) is 4.47. The predicted molar refractivity (Wildman–Crippen MR) is 83.5 cm³/mol. The molecular weight excluding hydrogens is 314 g/mol. The van der Waals surface area contributed by atoms with Crippen molar-refractivity contribution in [1.29, 1.82) is 0 Å². The van der Waals surface area contributed by atoms with Crippen LogP contribution in [-0.2, 0) is 20.6 Å². The molecule has 1 unspecified atom stereocenters. The number of halogens is 1. The molecule has 1 aromatic rings. The summed E-state index contributed by atoms with van der Waals surface area (Å²) in [5.41, 5.74) is 0.649. The van der Waals surface area contributed by atoms with Crippen molar-refractivity contribution in [2.75, 3.05) is 27.4 Å². The third-order valence-corrected chi connectivity index (χ3v) is 5.59. The van der Waals surface area contributed by atoms with Crippen molar-refractivity contribution in [3.8, 4) is 5.75 Å². The summed E-state index contributed by atoms with van der Waals surface area (Å²) in [7, 11) is -0.513. The van der Waals surface area contributed by atoms with Crippen molar-refractivity contribution in [2.24, 2.45) is 0 Å². The SMILES string of the molecule is CCN(C(C)COC)S(=O)(=O)c1ccc(OC)c(CCl)c1. The number of hydrogen-bond donors (Lipinski definition) is 0. The van der Waals surface area contributed by atoms with Crippen LogP contribution in [-0.4, -0.2) is 46.1 Å². The van der Waals surface area contributed by atoms with Crippen LogP contribution in [0, 0.1) is 0 Å². The molecule has 0 radical (unpaired) electrons. The molecule has 0 saturated carbocycles. The molecule has 21 heavy (non-hydrogen) atoms. The molecule has 7 heteroatoms. The minimum Gasteiger partial charge on any atom is -0.496 e. The predicted octanol–water partition coefficient (Wildman–Crippen LogP) is 2.48. The summed E-state index contributed by atoms with van der Waals surface area (Å²) in [6.07, 6.45) is 0. The van der Waals surface area contributed by atoms with Gasteiger partial charge in [-0.2, -0.15) is 4.31 Å². The van der Waals surface area contributed by atoms with Crippen LogP contribution in [0.5, 0.6) is 5.75 Å². The molecule has 0 bridgehead atoms. The number of sulfonamides is 1. The summed E-state index contributed by atoms with van der Waals surface area (Å²) < 4.78 is 37.1. The van der Waals surface area contributed by atoms with E-state index in [0.717, 1.165) is 0 Å². The van der Waals surface area contributed by atoms with Gasteiger partial charge in [-0.25, -0.2) is 8.42 Å². The maximum absolute atomic E-state index is 12.7. The molecule has 0 amide bonds. The molecule has 0 N–H and O–H groups in total. The summed E-state index contributed by atoms with van der Waals surface area (Å²) in [5.74, 6) is 0.767. The van der Waals surface area contributed by atoms with Crippen LogP contribution in [0.3, 0.4) is 0 Å². The van der Waals surface area contributed by atoms with E-state index in [1.807, 2.05) is 6.92 Å². The van der Waals surface area contributed by atoms with Crippen molar-refractivity contribution in [1.82, 2.24) is 4.31 Å². The molecule has 1 aromatic carbocycles. The van der Waals surface area contributed by atoms with Crippen LogP contribution in [0.2, 0.25) is 0 Å². The molecule has 0 heterocycles. The first kappa shape index (κ1) is 18.2. The number of nitrogens with zero attached hydrogens (tertiary/aromatic N) is 1. The second-order valence-corrected chi connectivity index (χ2v) is 6.78. The zero-order valence-electron chi connectivity index (χ0n) is 12.8. The smallest absolute Gasteiger partial charge is 0.243 e. The Morgan fingerprint density at radius 1 is 1.33 bits per heavy atom. The van der Waals surface area contributed by atoms with E-state index in [9.17, 15) is 8.42 Å². The molecule has 5 nitrogen and oxygen atoms in total. The van der Waals surface area contributed by atoms with Gasteiger partial charge in [0.15, 0.2) is 0 Å². The Kier molecular flexibility index (Phi) is 6.93. The highest BCUT2D eigenvalue weighted by Gasteiger charge is 2.28. The van der Waals surface area contributed by atoms with Gasteiger partial charge in [0.25, 0.3) is 0 Å². The lowest BCUT2D eigenvalue weighted by atomic mass is 10.2. The first-order valence-corrected chi connectivity index (χ1v) is 8.63. The molecule has 0 aromatic heterocycles. The number of methoxy groups -OCH3 is 2. The molecule has 0 aliphatic rings. The highest BCUT2D eigenvalue weighted by molar-refractivity contribution is 7.89. The first-order chi connectivity index (χ1) is 9.92. The monoisotopic (exact) mass is 335 g/mol. The Labute approximate surface area is 131 Å². The summed E-state index contributed by atoms with van der Waals surface area (Å²) in [6.45, 7) is 4.33. The average molecular weight is 336 g/mol. The highest BCUT2D eigenvalue weighted by Crippen LogP contribution is 2.26. The Morgan fingerprint density at radius 2 is 2.00 bits per heavy atom. The fourth-order valence-electron chi connectivity index (χ4n) is 2.20. The minimum atomic E-state index is -3.59. The van der Waals surface area contributed by atoms with Gasteiger partial charge in [0, 0.05) is 25.3 Å². The van der Waals surface area contributed by atoms with Crippen LogP contribution in [0.25, 0.3) is 0 Å². The largest absolute Gasteiger partial charge is 0.496 e. The van der Waals surface area contributed by atoms with Crippen molar-refractivity contribution in [3.63, 3.8) is 0 Å². The van der Waals surface area contributed by atoms with Gasteiger partial charge in [-0.15, -0.1) is 11.6 Å². The summed E-state index contributed by atoms with van der Waals surface area (Å²) in [5, 5.41) is 0. The van der Waals surface area contributed by atoms with E-state index in [2.05, 4.69) is 0 Å². The molecule has 120 valence electrons. The number of ether oxygens (including phenoxy) is 2. The lowest BCUT2D eigenvalue weighted by Gasteiger charge is -2.27. The van der Waals surface area contributed by atoms with Crippen LogP contribution in [0.4, 0.5) is 0 Å². The van der Waals surface area contributed by atoms with E-state index in [0.29, 0.717) is 24.5 Å². The van der Waals surface area contributed by atoms with E-state index < -0.39 is 10.0 Å². The topological polar surface area (TPSA) is 55.8 Å². The number of benzene rings is 1. The number of likely N-dealkylation sites (N-methyl/N-ethyl adjacent to an activating group) is 1. The second-order valence-electron chi connectivity index (χ2n) is 4.62. The van der Waals surface area contributed by atoms with Crippen molar-refractivity contribution in [2.45, 2.75) is 30.7 Å². The molecule has 0 saturated heterocycles. The molecule has 0 aliphatic carbocycles. The molecular formula is C14H22ClNO4S. The van der Waals surface area contributed by atoms with Gasteiger partial charge < -0.3 is 9.47 Å². The van der Waals surface area contributed by atoms with Crippen LogP contribution in [0.1, 0.15) is 19.4 Å². The lowest BCUT2D eigenvalue weighted by molar-refractivity contribution is 0.142. The number of rotatable bonds is 8. The zero-order chi connectivity index (χ0) is 16.0. The zero-order valence-corrected chi connectivity index (χ0v) is 14.4. The second kappa shape index (κ2) is 7.98. The number of hydrogen-bond acceptors (Lipinski definition) is 4. The Bertz CT molecular complexity index is 562. The fourth-order valence-corrected chi connectivity index (χ4v) is 4.08. The Balaban J connectivity index is 3.22. The maximum Gasteiger partial charge on any atom is 0.243 e. The van der Waals surface area contributed by atoms with Crippen LogP contribution >= 0.6 is 11.6 Å². The van der Waals surface area contributed by atoms with E-state index in [4.69, 9.17) is 21.1 Å². The molecule has 1 rings (SSSR count). The third kappa shape index (κ3) is 4.10. The third-order valence-electron chi connectivity index (χ3n) is 3.21. The Hall–Kier alpha value is -0.820. The molecule has 0 fully saturated rings. The average Bonchev–Trinajstić information content (AvgIpc) is 2.47. The summed E-state index contributed by atoms with van der Waals surface area (Å²) >= 11 is 5.85. The van der Waals surface area contributed by atoms with Crippen LogP contribution < -0.4 is 4.74 Å². The Morgan fingerprint density at radius 3 is 2.48 bits per heavy atom. The van der Waals surface area contributed by atoms with Crippen molar-refractivity contribution >= 4 is 21.6 Å². The fraction of sp³-hybridized carbons (Fsp3) is 0.571. The summed E-state index contributed by atoms with van der Waals surface area (Å²) in [4.78, 5) is 0.212. The van der Waals surface area contributed by atoms with Gasteiger partial charge in [0.05, 0.1) is 24.5 Å². The van der Waals surface area contributed by atoms with Gasteiger partial charge in [-0.3, -0.25) is 0 Å². The van der Waals surface area contributed by atoms with E-state index in [1.54, 1.807) is 26.2 Å². The first-order valence-electron chi connectivity index (χ1n) is 6.66. The highest BCUT2D eigenvalue weighted by atomic mass is 35.5. The van der Waals surface area contributed by atoms with E-state index >= 15 is 0 Å². The van der Waals surface area contributed by atoms with Crippen LogP contribution in [0.15, 0.2) is 23.1 Å². The van der Waals surface area contributed by atoms with Crippen molar-refractivity contribution in [3.05, 3.63) is 23.8 Å². The standard InChI is InChI=1S/C14H22ClNO4S/c1-5-16(11(2)10-19-3)21(17,18)13-6-7-14(20-4)12(8-13)9-15/h6-8,11H,5,9-10H2,1-4H3. The maximum atomic E-state index is 12.7. The minimum absolute atomic E-state index is 0.187. The van der Waals surface area contributed by atoms with Crippen molar-refractivity contribution < 1.29 is 17.9 Å². The van der Waals surface area contributed by atoms with Gasteiger partial charge in [-0.05, 0) is 25.1 Å². The lowest BCUT2D eigenvalue weighted by Crippen LogP contribution is -2.40. The number of alkyl halides is 1. The van der Waals surface area contributed by atoms with Gasteiger partial charge in [0.1, 0.15) is 5.75 Å². The molecule has 0 aliphatic heterocycles. The quantitative estimate of drug-likeness (QED) is 0.685. The molecule has 0 spiro atoms. The molecule has 1 atom stereocenters. The van der Waals surface area contributed by atoms with Gasteiger partial charge in [0.2, 0.25) is 10.0 Å². The van der Waals surface area contributed by atoms with E-state index in [-0.39, 0.29) is 16.8 Å². The van der Waals surface area contributed by atoms with Gasteiger partial charge in [-0.1, -0.05) is 6.92 Å². The van der Waals surface area contributed by atoms with E-state index in [1.165, 1.54) is 17.5 Å². The van der Waals surface area contributed by atoms with Gasteiger partial charge >= 0.3 is 0 Å². The normalized spacial score (nSPS) is 13.4.